The lowest BCUT2D eigenvalue weighted by Gasteiger charge is -2.50. The van der Waals surface area contributed by atoms with E-state index in [1.807, 2.05) is 30.3 Å². The van der Waals surface area contributed by atoms with Gasteiger partial charge in [0.25, 0.3) is 0 Å². The number of ether oxygens (including phenoxy) is 2. The summed E-state index contributed by atoms with van der Waals surface area (Å²) in [5, 5.41) is 6.77. The number of esters is 1. The van der Waals surface area contributed by atoms with Gasteiger partial charge in [0.05, 0.1) is 19.2 Å². The molecule has 8 heteroatoms. The van der Waals surface area contributed by atoms with Crippen molar-refractivity contribution in [3.63, 3.8) is 0 Å². The lowest BCUT2D eigenvalue weighted by Crippen LogP contribution is -2.49. The van der Waals surface area contributed by atoms with Crippen LogP contribution in [0.3, 0.4) is 0 Å². The maximum absolute atomic E-state index is 14.1. The molecule has 0 spiro atoms. The number of hydrogen-bond acceptors (Lipinski definition) is 5. The minimum Gasteiger partial charge on any atom is -0.496 e. The molecule has 0 saturated heterocycles. The molecule has 45 heavy (non-hydrogen) atoms. The third-order valence-corrected chi connectivity index (χ3v) is 9.50. The number of nitrogens with one attached hydrogen (secondary N) is 2. The minimum absolute atomic E-state index is 0.0455. The SMILES string of the molecule is [C-]#[N+]c1cn2[nH]c(-c3cc(NCc4ccccc4C)ccc3OC)nc2c1C(=O)OC1C(C(C)(C)C)CC(C)CC1C(C)(C)C. The number of carbonyl (C=O) groups excluding carboxylic acids is 1. The number of hydrogen-bond donors (Lipinski definition) is 2. The van der Waals surface area contributed by atoms with Crippen molar-refractivity contribution in [2.24, 2.45) is 28.6 Å². The van der Waals surface area contributed by atoms with E-state index in [2.05, 4.69) is 82.8 Å². The van der Waals surface area contributed by atoms with E-state index in [4.69, 9.17) is 21.0 Å². The summed E-state index contributed by atoms with van der Waals surface area (Å²) in [5.41, 5.74) is 4.77. The smallest absolute Gasteiger partial charge is 0.331 e. The second kappa shape index (κ2) is 12.3. The predicted molar refractivity (Wildman–Crippen MR) is 180 cm³/mol. The fourth-order valence-corrected chi connectivity index (χ4v) is 6.88. The van der Waals surface area contributed by atoms with E-state index in [9.17, 15) is 4.79 Å². The Morgan fingerprint density at radius 2 is 1.76 bits per heavy atom. The van der Waals surface area contributed by atoms with Gasteiger partial charge >= 0.3 is 5.97 Å². The molecule has 1 aliphatic rings. The summed E-state index contributed by atoms with van der Waals surface area (Å²) in [6.45, 7) is 26.3. The molecule has 1 aliphatic carbocycles. The number of aromatic amines is 1. The monoisotopic (exact) mass is 609 g/mol. The number of aryl methyl sites for hydroxylation is 1. The Labute approximate surface area is 267 Å². The van der Waals surface area contributed by atoms with Gasteiger partial charge in [0.1, 0.15) is 17.4 Å². The summed E-state index contributed by atoms with van der Waals surface area (Å²) in [5.74, 6) is 1.60. The highest BCUT2D eigenvalue weighted by molar-refractivity contribution is 6.03. The number of nitrogens with zero attached hydrogens (tertiary/aromatic N) is 3. The first kappa shape index (κ1) is 32.2. The van der Waals surface area contributed by atoms with Crippen LogP contribution in [0, 0.1) is 42.1 Å². The molecule has 0 aliphatic heterocycles. The van der Waals surface area contributed by atoms with Gasteiger partial charge in [-0.15, -0.1) is 0 Å². The van der Waals surface area contributed by atoms with Gasteiger partial charge in [-0.05, 0) is 65.8 Å². The van der Waals surface area contributed by atoms with Crippen molar-refractivity contribution in [3.8, 4) is 17.1 Å². The summed E-state index contributed by atoms with van der Waals surface area (Å²) in [6.07, 6.45) is 3.34. The number of rotatable bonds is 7. The Balaban J connectivity index is 1.49. The van der Waals surface area contributed by atoms with E-state index in [1.165, 1.54) is 11.1 Å². The molecule has 4 aromatic rings. The maximum atomic E-state index is 14.1. The van der Waals surface area contributed by atoms with Crippen molar-refractivity contribution in [2.45, 2.75) is 80.9 Å². The normalized spacial score (nSPS) is 20.5. The van der Waals surface area contributed by atoms with Crippen LogP contribution in [-0.4, -0.2) is 33.8 Å². The van der Waals surface area contributed by atoms with Crippen molar-refractivity contribution < 1.29 is 14.3 Å². The number of benzene rings is 2. The first-order chi connectivity index (χ1) is 21.2. The zero-order valence-electron chi connectivity index (χ0n) is 28.1. The molecule has 5 rings (SSSR count). The van der Waals surface area contributed by atoms with Gasteiger partial charge < -0.3 is 14.8 Å². The Morgan fingerprint density at radius 3 is 2.36 bits per heavy atom. The molecule has 2 N–H and O–H groups in total. The molecule has 8 nitrogen and oxygen atoms in total. The van der Waals surface area contributed by atoms with Gasteiger partial charge in [-0.1, -0.05) is 72.7 Å². The highest BCUT2D eigenvalue weighted by Gasteiger charge is 2.48. The molecule has 2 unspecified atom stereocenters. The van der Waals surface area contributed by atoms with Crippen molar-refractivity contribution in [1.29, 1.82) is 0 Å². The fourth-order valence-electron chi connectivity index (χ4n) is 6.88. The molecule has 0 bridgehead atoms. The van der Waals surface area contributed by atoms with Gasteiger partial charge in [-0.3, -0.25) is 9.61 Å². The first-order valence-corrected chi connectivity index (χ1v) is 15.9. The Hall–Kier alpha value is -4.25. The van der Waals surface area contributed by atoms with Crippen LogP contribution in [0.2, 0.25) is 0 Å². The average molecular weight is 610 g/mol. The minimum atomic E-state index is -0.495. The van der Waals surface area contributed by atoms with Gasteiger partial charge in [0.15, 0.2) is 11.5 Å². The van der Waals surface area contributed by atoms with Gasteiger partial charge in [0.2, 0.25) is 5.69 Å². The van der Waals surface area contributed by atoms with Crippen LogP contribution < -0.4 is 10.1 Å². The second-order valence-corrected chi connectivity index (χ2v) is 14.9. The number of methoxy groups -OCH3 is 1. The van der Waals surface area contributed by atoms with Gasteiger partial charge in [-0.25, -0.2) is 14.6 Å². The highest BCUT2D eigenvalue weighted by Crippen LogP contribution is 2.50. The van der Waals surface area contributed by atoms with Crippen molar-refractivity contribution in [1.82, 2.24) is 14.6 Å². The van der Waals surface area contributed by atoms with E-state index >= 15 is 0 Å². The lowest BCUT2D eigenvalue weighted by atomic mass is 9.59. The predicted octanol–water partition coefficient (Wildman–Crippen LogP) is 9.09. The van der Waals surface area contributed by atoms with E-state index in [1.54, 1.807) is 17.8 Å². The third kappa shape index (κ3) is 6.58. The molecular weight excluding hydrogens is 562 g/mol. The van der Waals surface area contributed by atoms with Gasteiger partial charge in [0, 0.05) is 30.3 Å². The Morgan fingerprint density at radius 1 is 1.09 bits per heavy atom. The fraction of sp³-hybridized carbons (Fsp3) is 0.486. The summed E-state index contributed by atoms with van der Waals surface area (Å²) in [4.78, 5) is 22.6. The van der Waals surface area contributed by atoms with Crippen LogP contribution in [0.5, 0.6) is 5.75 Å². The molecule has 2 aromatic carbocycles. The largest absolute Gasteiger partial charge is 0.496 e. The maximum Gasteiger partial charge on any atom is 0.331 e. The standard InChI is InChI=1S/C37H47N5O3/c1-22-17-27(36(3,4)5)32(28(18-22)37(6,7)8)45-35(43)31-29(38-9)21-42-34(31)40-33(41-42)26-19-25(15-16-30(26)44-10)39-20-24-14-12-11-13-23(24)2/h11-16,19,21-22,27-28,32,39H,17-18,20H2,1-8,10H3,(H,40,41). The quantitative estimate of drug-likeness (QED) is 0.161. The van der Waals surface area contributed by atoms with E-state index in [0.717, 1.165) is 24.1 Å². The molecule has 1 saturated carbocycles. The molecule has 2 aromatic heterocycles. The molecule has 238 valence electrons. The first-order valence-electron chi connectivity index (χ1n) is 15.9. The van der Waals surface area contributed by atoms with Crippen LogP contribution >= 0.6 is 0 Å². The topological polar surface area (TPSA) is 85.0 Å². The number of anilines is 1. The van der Waals surface area contributed by atoms with Crippen LogP contribution in [0.1, 0.15) is 82.8 Å². The lowest BCUT2D eigenvalue weighted by molar-refractivity contribution is -0.0922. The zero-order valence-corrected chi connectivity index (χ0v) is 28.1. The molecule has 0 radical (unpaired) electrons. The highest BCUT2D eigenvalue weighted by atomic mass is 16.5. The second-order valence-electron chi connectivity index (χ2n) is 14.9. The number of aromatic nitrogens is 3. The molecule has 2 atom stereocenters. The van der Waals surface area contributed by atoms with Crippen molar-refractivity contribution in [2.75, 3.05) is 12.4 Å². The number of H-pyrrole nitrogens is 1. The van der Waals surface area contributed by atoms with Gasteiger partial charge in [-0.2, -0.15) is 0 Å². The van der Waals surface area contributed by atoms with Crippen LogP contribution in [0.25, 0.3) is 21.9 Å². The van der Waals surface area contributed by atoms with Crippen molar-refractivity contribution >= 4 is 23.0 Å². The molecular formula is C37H47N5O3. The van der Waals surface area contributed by atoms with E-state index < -0.39 is 5.97 Å². The number of fused-ring (bicyclic) bond motifs is 1. The zero-order chi connectivity index (χ0) is 32.7. The molecule has 0 amide bonds. The van der Waals surface area contributed by atoms with E-state index in [-0.39, 0.29) is 40.0 Å². The molecule has 1 fully saturated rings. The van der Waals surface area contributed by atoms with Crippen molar-refractivity contribution in [3.05, 3.63) is 76.8 Å². The van der Waals surface area contributed by atoms with Crippen LogP contribution in [0.4, 0.5) is 11.4 Å². The summed E-state index contributed by atoms with van der Waals surface area (Å²) in [6, 6.07) is 14.1. The summed E-state index contributed by atoms with van der Waals surface area (Å²) >= 11 is 0. The Kier molecular flexibility index (Phi) is 8.77. The average Bonchev–Trinajstić information content (AvgIpc) is 3.54. The number of carbonyl (C=O) groups is 1. The molecule has 2 heterocycles. The summed E-state index contributed by atoms with van der Waals surface area (Å²) in [7, 11) is 1.62. The van der Waals surface area contributed by atoms with Crippen LogP contribution in [-0.2, 0) is 11.3 Å². The Bertz CT molecular complexity index is 1710. The van der Waals surface area contributed by atoms with E-state index in [0.29, 0.717) is 29.7 Å². The summed E-state index contributed by atoms with van der Waals surface area (Å²) < 4.78 is 13.8. The van der Waals surface area contributed by atoms with Crippen LogP contribution in [0.15, 0.2) is 48.7 Å². The third-order valence-electron chi connectivity index (χ3n) is 9.50.